The van der Waals surface area contributed by atoms with Gasteiger partial charge >= 0.3 is 0 Å². The topological polar surface area (TPSA) is 64.9 Å². The second-order valence-electron chi connectivity index (χ2n) is 5.70. The smallest absolute Gasteiger partial charge is 0.234 e. The molecule has 4 nitrogen and oxygen atoms in total. The second kappa shape index (κ2) is 5.30. The zero-order chi connectivity index (χ0) is 14.2. The van der Waals surface area contributed by atoms with Gasteiger partial charge in [0, 0.05) is 16.9 Å². The molecule has 3 rings (SSSR count). The van der Waals surface area contributed by atoms with E-state index in [1.807, 2.05) is 18.2 Å². The lowest BCUT2D eigenvalue weighted by molar-refractivity contribution is 0.276. The molecule has 2 N–H and O–H groups in total. The first-order valence-corrected chi connectivity index (χ1v) is 7.71. The second-order valence-corrected chi connectivity index (χ2v) is 6.55. The minimum atomic E-state index is -0.167. The molecule has 2 unspecified atom stereocenters. The molecule has 1 aliphatic rings. The fourth-order valence-corrected chi connectivity index (χ4v) is 3.25. The monoisotopic (exact) mass is 335 g/mol. The Hall–Kier alpha value is -1.20. The van der Waals surface area contributed by atoms with Gasteiger partial charge in [0.05, 0.1) is 5.41 Å². The molecule has 0 aliphatic heterocycles. The van der Waals surface area contributed by atoms with Crippen molar-refractivity contribution in [3.05, 3.63) is 46.0 Å². The Morgan fingerprint density at radius 2 is 2.25 bits per heavy atom. The van der Waals surface area contributed by atoms with Crippen LogP contribution < -0.4 is 5.73 Å². The average Bonchev–Trinajstić information content (AvgIpc) is 3.02. The van der Waals surface area contributed by atoms with Gasteiger partial charge in [0.2, 0.25) is 5.89 Å². The molecular formula is C15H18BrN3O. The summed E-state index contributed by atoms with van der Waals surface area (Å²) < 4.78 is 6.54. The molecule has 2 aromatic rings. The van der Waals surface area contributed by atoms with E-state index in [0.717, 1.165) is 29.3 Å². The minimum absolute atomic E-state index is 0.110. The maximum atomic E-state index is 6.20. The Morgan fingerprint density at radius 1 is 1.45 bits per heavy atom. The van der Waals surface area contributed by atoms with E-state index in [1.54, 1.807) is 0 Å². The van der Waals surface area contributed by atoms with Crippen LogP contribution in [-0.2, 0) is 11.8 Å². The van der Waals surface area contributed by atoms with Gasteiger partial charge in [-0.3, -0.25) is 0 Å². The summed E-state index contributed by atoms with van der Waals surface area (Å²) in [6.45, 7) is 2.13. The third-order valence-electron chi connectivity index (χ3n) is 4.29. The number of nitrogens with two attached hydrogens (primary N) is 1. The van der Waals surface area contributed by atoms with Crippen LogP contribution in [0.25, 0.3) is 0 Å². The van der Waals surface area contributed by atoms with Gasteiger partial charge in [-0.05, 0) is 31.4 Å². The zero-order valence-electron chi connectivity index (χ0n) is 11.5. The minimum Gasteiger partial charge on any atom is -0.339 e. The van der Waals surface area contributed by atoms with Gasteiger partial charge in [-0.1, -0.05) is 45.7 Å². The molecule has 0 bridgehead atoms. The summed E-state index contributed by atoms with van der Waals surface area (Å²) >= 11 is 3.54. The summed E-state index contributed by atoms with van der Waals surface area (Å²) in [5.74, 6) is 1.40. The lowest BCUT2D eigenvalue weighted by Gasteiger charge is -2.23. The molecule has 1 aliphatic carbocycles. The summed E-state index contributed by atoms with van der Waals surface area (Å²) in [5, 5.41) is 4.11. The quantitative estimate of drug-likeness (QED) is 0.935. The molecule has 1 fully saturated rings. The van der Waals surface area contributed by atoms with Crippen LogP contribution in [0.1, 0.15) is 43.5 Å². The van der Waals surface area contributed by atoms with E-state index in [9.17, 15) is 0 Å². The van der Waals surface area contributed by atoms with Gasteiger partial charge in [0.25, 0.3) is 0 Å². The number of hydrogen-bond donors (Lipinski definition) is 1. The molecule has 1 heterocycles. The van der Waals surface area contributed by atoms with E-state index in [2.05, 4.69) is 39.1 Å². The van der Waals surface area contributed by atoms with Crippen molar-refractivity contribution in [3.63, 3.8) is 0 Å². The van der Waals surface area contributed by atoms with Gasteiger partial charge in [-0.15, -0.1) is 0 Å². The first-order chi connectivity index (χ1) is 9.59. The maximum Gasteiger partial charge on any atom is 0.234 e. The molecular weight excluding hydrogens is 318 g/mol. The lowest BCUT2D eigenvalue weighted by Crippen LogP contribution is -2.38. The fraction of sp³-hybridized carbons (Fsp3) is 0.467. The number of halogens is 1. The third kappa shape index (κ3) is 2.40. The molecule has 20 heavy (non-hydrogen) atoms. The highest BCUT2D eigenvalue weighted by molar-refractivity contribution is 9.10. The number of rotatable bonds is 3. The molecule has 0 spiro atoms. The normalized spacial score (nSPS) is 26.1. The van der Waals surface area contributed by atoms with Crippen LogP contribution in [0.15, 0.2) is 33.3 Å². The summed E-state index contributed by atoms with van der Waals surface area (Å²) in [7, 11) is 0. The van der Waals surface area contributed by atoms with Gasteiger partial charge in [0.15, 0.2) is 5.82 Å². The van der Waals surface area contributed by atoms with E-state index in [4.69, 9.17) is 10.3 Å². The van der Waals surface area contributed by atoms with Gasteiger partial charge in [-0.2, -0.15) is 4.98 Å². The SMILES string of the molecule is CC1(c2nc(Cc3ccccc3Br)no2)CCCC1N. The largest absolute Gasteiger partial charge is 0.339 e. The standard InChI is InChI=1S/C15H18BrN3O/c1-15(8-4-7-12(15)17)14-18-13(19-20-14)9-10-5-2-3-6-11(10)16/h2-3,5-6,12H,4,7-9,17H2,1H3. The van der Waals surface area contributed by atoms with Crippen LogP contribution in [0.2, 0.25) is 0 Å². The number of aromatic nitrogens is 2. The lowest BCUT2D eigenvalue weighted by atomic mass is 9.85. The van der Waals surface area contributed by atoms with Crippen molar-refractivity contribution in [2.24, 2.45) is 5.73 Å². The third-order valence-corrected chi connectivity index (χ3v) is 5.07. The van der Waals surface area contributed by atoms with Gasteiger partial charge < -0.3 is 10.3 Å². The first-order valence-electron chi connectivity index (χ1n) is 6.91. The predicted octanol–water partition coefficient (Wildman–Crippen LogP) is 3.19. The van der Waals surface area contributed by atoms with Crippen molar-refractivity contribution >= 4 is 15.9 Å². The van der Waals surface area contributed by atoms with Crippen molar-refractivity contribution in [1.29, 1.82) is 0 Å². The van der Waals surface area contributed by atoms with Crippen LogP contribution >= 0.6 is 15.9 Å². The summed E-state index contributed by atoms with van der Waals surface area (Å²) in [4.78, 5) is 4.57. The number of nitrogens with zero attached hydrogens (tertiary/aromatic N) is 2. The Morgan fingerprint density at radius 3 is 2.95 bits per heavy atom. The Kier molecular flexibility index (Phi) is 3.65. The zero-order valence-corrected chi connectivity index (χ0v) is 13.1. The van der Waals surface area contributed by atoms with E-state index in [0.29, 0.717) is 18.1 Å². The van der Waals surface area contributed by atoms with Crippen LogP contribution in [0.5, 0.6) is 0 Å². The fourth-order valence-electron chi connectivity index (χ4n) is 2.83. The first kappa shape index (κ1) is 13.8. The maximum absolute atomic E-state index is 6.20. The van der Waals surface area contributed by atoms with Crippen LogP contribution in [0.3, 0.4) is 0 Å². The van der Waals surface area contributed by atoms with Crippen molar-refractivity contribution in [2.45, 2.75) is 44.1 Å². The molecule has 1 aromatic carbocycles. The van der Waals surface area contributed by atoms with Crippen LogP contribution in [0.4, 0.5) is 0 Å². The molecule has 0 radical (unpaired) electrons. The molecule has 2 atom stereocenters. The van der Waals surface area contributed by atoms with Crippen molar-refractivity contribution in [2.75, 3.05) is 0 Å². The molecule has 106 valence electrons. The molecule has 0 amide bonds. The van der Waals surface area contributed by atoms with Crippen molar-refractivity contribution in [3.8, 4) is 0 Å². The Labute approximate surface area is 126 Å². The highest BCUT2D eigenvalue weighted by atomic mass is 79.9. The van der Waals surface area contributed by atoms with E-state index < -0.39 is 0 Å². The molecule has 1 saturated carbocycles. The van der Waals surface area contributed by atoms with E-state index >= 15 is 0 Å². The number of hydrogen-bond acceptors (Lipinski definition) is 4. The highest BCUT2D eigenvalue weighted by Gasteiger charge is 2.42. The van der Waals surface area contributed by atoms with Gasteiger partial charge in [-0.25, -0.2) is 0 Å². The Balaban J connectivity index is 1.83. The van der Waals surface area contributed by atoms with Gasteiger partial charge in [0.1, 0.15) is 0 Å². The molecule has 1 aromatic heterocycles. The van der Waals surface area contributed by atoms with E-state index in [-0.39, 0.29) is 11.5 Å². The number of benzene rings is 1. The highest BCUT2D eigenvalue weighted by Crippen LogP contribution is 2.39. The van der Waals surface area contributed by atoms with Crippen LogP contribution in [0, 0.1) is 0 Å². The average molecular weight is 336 g/mol. The predicted molar refractivity (Wildman–Crippen MR) is 80.4 cm³/mol. The molecule has 0 saturated heterocycles. The van der Waals surface area contributed by atoms with E-state index in [1.165, 1.54) is 0 Å². The summed E-state index contributed by atoms with van der Waals surface area (Å²) in [6, 6.07) is 8.19. The van der Waals surface area contributed by atoms with Crippen molar-refractivity contribution in [1.82, 2.24) is 10.1 Å². The van der Waals surface area contributed by atoms with Crippen LogP contribution in [-0.4, -0.2) is 16.2 Å². The Bertz CT molecular complexity index is 613. The molecule has 5 heteroatoms. The van der Waals surface area contributed by atoms with Crippen molar-refractivity contribution < 1.29 is 4.52 Å². The summed E-state index contributed by atoms with van der Waals surface area (Å²) in [6.07, 6.45) is 3.83. The summed E-state index contributed by atoms with van der Waals surface area (Å²) in [5.41, 5.74) is 7.18.